The zero-order chi connectivity index (χ0) is 23.3. The first-order chi connectivity index (χ1) is 15.9. The Morgan fingerprint density at radius 1 is 0.909 bits per heavy atom. The van der Waals surface area contributed by atoms with Crippen LogP contribution in [-0.2, 0) is 12.0 Å². The second kappa shape index (κ2) is 10.0. The first kappa shape index (κ1) is 22.8. The molecule has 0 aliphatic rings. The number of halogens is 1. The van der Waals surface area contributed by atoms with Crippen LogP contribution in [0.2, 0.25) is 5.02 Å². The van der Waals surface area contributed by atoms with E-state index >= 15 is 0 Å². The molecule has 1 aromatic heterocycles. The smallest absolute Gasteiger partial charge is 0.325 e. The molecule has 0 aliphatic carbocycles. The Balaban J connectivity index is 1.31. The molecule has 4 rings (SSSR count). The lowest BCUT2D eigenvalue weighted by Crippen LogP contribution is -2.19. The van der Waals surface area contributed by atoms with Gasteiger partial charge < -0.3 is 10.1 Å². The molecule has 4 aromatic rings. The summed E-state index contributed by atoms with van der Waals surface area (Å²) in [6.07, 6.45) is 0. The van der Waals surface area contributed by atoms with E-state index in [2.05, 4.69) is 71.1 Å². The van der Waals surface area contributed by atoms with E-state index in [1.807, 2.05) is 18.2 Å². The molecule has 0 radical (unpaired) electrons. The molecule has 3 aromatic carbocycles. The second-order valence-corrected chi connectivity index (χ2v) is 9.39. The fourth-order valence-electron chi connectivity index (χ4n) is 3.29. The van der Waals surface area contributed by atoms with Crippen molar-refractivity contribution in [1.29, 1.82) is 0 Å². The molecule has 6 nitrogen and oxygen atoms in total. The highest BCUT2D eigenvalue weighted by Gasteiger charge is 2.22. The topological polar surface area (TPSA) is 76.1 Å². The van der Waals surface area contributed by atoms with Gasteiger partial charge in [-0.1, -0.05) is 79.2 Å². The van der Waals surface area contributed by atoms with E-state index in [1.54, 1.807) is 24.3 Å². The number of anilines is 2. The first-order valence-electron chi connectivity index (χ1n) is 10.3. The van der Waals surface area contributed by atoms with E-state index in [0.29, 0.717) is 20.8 Å². The SMILES string of the molecule is CC(C)(c1ccccc1)c1ccc(OCc2nnc(NC(=O)Nc3ccc(Cl)cc3)s2)cc1. The Kier molecular flexibility index (Phi) is 6.91. The lowest BCUT2D eigenvalue weighted by Gasteiger charge is -2.26. The first-order valence-corrected chi connectivity index (χ1v) is 11.5. The van der Waals surface area contributed by atoms with Crippen LogP contribution >= 0.6 is 22.9 Å². The van der Waals surface area contributed by atoms with Crippen LogP contribution in [0, 0.1) is 0 Å². The molecule has 1 heterocycles. The molecule has 2 N–H and O–H groups in total. The van der Waals surface area contributed by atoms with Crippen molar-refractivity contribution in [2.24, 2.45) is 0 Å². The summed E-state index contributed by atoms with van der Waals surface area (Å²) >= 11 is 7.11. The monoisotopic (exact) mass is 478 g/mol. The highest BCUT2D eigenvalue weighted by Crippen LogP contribution is 2.32. The van der Waals surface area contributed by atoms with Crippen LogP contribution in [0.4, 0.5) is 15.6 Å². The highest BCUT2D eigenvalue weighted by atomic mass is 35.5. The second-order valence-electron chi connectivity index (χ2n) is 7.89. The van der Waals surface area contributed by atoms with Gasteiger partial charge in [-0.25, -0.2) is 4.79 Å². The number of rotatable bonds is 7. The van der Waals surface area contributed by atoms with E-state index in [-0.39, 0.29) is 12.0 Å². The van der Waals surface area contributed by atoms with Crippen LogP contribution in [0.15, 0.2) is 78.9 Å². The zero-order valence-corrected chi connectivity index (χ0v) is 19.8. The molecule has 0 atom stereocenters. The molecular weight excluding hydrogens is 456 g/mol. The van der Waals surface area contributed by atoms with Gasteiger partial charge in [0.2, 0.25) is 5.13 Å². The van der Waals surface area contributed by atoms with E-state index in [9.17, 15) is 4.79 Å². The number of benzene rings is 3. The normalized spacial score (nSPS) is 11.1. The number of urea groups is 1. The molecule has 33 heavy (non-hydrogen) atoms. The highest BCUT2D eigenvalue weighted by molar-refractivity contribution is 7.15. The van der Waals surface area contributed by atoms with Gasteiger partial charge in [-0.05, 0) is 47.5 Å². The van der Waals surface area contributed by atoms with Gasteiger partial charge in [0.15, 0.2) is 5.01 Å². The van der Waals surface area contributed by atoms with Gasteiger partial charge in [-0.15, -0.1) is 10.2 Å². The van der Waals surface area contributed by atoms with E-state index in [4.69, 9.17) is 16.3 Å². The quantitative estimate of drug-likeness (QED) is 0.308. The van der Waals surface area contributed by atoms with E-state index < -0.39 is 6.03 Å². The van der Waals surface area contributed by atoms with Gasteiger partial charge in [0, 0.05) is 16.1 Å². The minimum absolute atomic E-state index is 0.105. The summed E-state index contributed by atoms with van der Waals surface area (Å²) in [5, 5.41) is 15.1. The van der Waals surface area contributed by atoms with Crippen molar-refractivity contribution >= 4 is 39.8 Å². The average Bonchev–Trinajstić information content (AvgIpc) is 3.27. The third kappa shape index (κ3) is 5.88. The summed E-state index contributed by atoms with van der Waals surface area (Å²) in [6, 6.07) is 24.9. The van der Waals surface area contributed by atoms with Gasteiger partial charge in [0.1, 0.15) is 12.4 Å². The predicted molar refractivity (Wildman–Crippen MR) is 133 cm³/mol. The van der Waals surface area contributed by atoms with Crippen molar-refractivity contribution in [3.63, 3.8) is 0 Å². The molecule has 0 saturated carbocycles. The standard InChI is InChI=1S/C25H23ClN4O2S/c1-25(2,17-6-4-3-5-7-17)18-8-14-21(15-9-18)32-16-22-29-30-24(33-22)28-23(31)27-20-12-10-19(26)11-13-20/h3-15H,16H2,1-2H3,(H2,27,28,30,31). The minimum Gasteiger partial charge on any atom is -0.486 e. The van der Waals surface area contributed by atoms with Crippen LogP contribution in [-0.4, -0.2) is 16.2 Å². The summed E-state index contributed by atoms with van der Waals surface area (Å²) in [6.45, 7) is 4.67. The predicted octanol–water partition coefficient (Wildman–Crippen LogP) is 6.74. The third-order valence-corrected chi connectivity index (χ3v) is 6.29. The molecule has 2 amide bonds. The third-order valence-electron chi connectivity index (χ3n) is 5.22. The molecule has 0 fully saturated rings. The maximum Gasteiger partial charge on any atom is 0.325 e. The van der Waals surface area contributed by atoms with Crippen LogP contribution < -0.4 is 15.4 Å². The summed E-state index contributed by atoms with van der Waals surface area (Å²) in [5.74, 6) is 0.743. The summed E-state index contributed by atoms with van der Waals surface area (Å²) in [4.78, 5) is 12.1. The minimum atomic E-state index is -0.405. The number of carbonyl (C=O) groups excluding carboxylic acids is 1. The molecule has 8 heteroatoms. The van der Waals surface area contributed by atoms with Gasteiger partial charge >= 0.3 is 6.03 Å². The number of aromatic nitrogens is 2. The van der Waals surface area contributed by atoms with E-state index in [1.165, 1.54) is 22.5 Å². The van der Waals surface area contributed by atoms with Crippen molar-refractivity contribution in [1.82, 2.24) is 10.2 Å². The van der Waals surface area contributed by atoms with E-state index in [0.717, 1.165) is 5.75 Å². The van der Waals surface area contributed by atoms with Crippen molar-refractivity contribution in [2.45, 2.75) is 25.9 Å². The maximum atomic E-state index is 12.1. The molecule has 0 spiro atoms. The van der Waals surface area contributed by atoms with Crippen molar-refractivity contribution in [2.75, 3.05) is 10.6 Å². The number of nitrogens with one attached hydrogen (secondary N) is 2. The molecule has 0 saturated heterocycles. The number of carbonyl (C=O) groups is 1. The van der Waals surface area contributed by atoms with Crippen LogP contribution in [0.5, 0.6) is 5.75 Å². The number of ether oxygens (including phenoxy) is 1. The van der Waals surface area contributed by atoms with Crippen LogP contribution in [0.1, 0.15) is 30.0 Å². The lowest BCUT2D eigenvalue weighted by atomic mass is 9.78. The Bertz CT molecular complexity index is 1210. The number of amides is 2. The summed E-state index contributed by atoms with van der Waals surface area (Å²) in [7, 11) is 0. The fourth-order valence-corrected chi connectivity index (χ4v) is 4.06. The summed E-state index contributed by atoms with van der Waals surface area (Å²) < 4.78 is 5.86. The van der Waals surface area contributed by atoms with Gasteiger partial charge in [-0.3, -0.25) is 5.32 Å². The molecular formula is C25H23ClN4O2S. The number of hydrogen-bond acceptors (Lipinski definition) is 5. The van der Waals surface area contributed by atoms with Gasteiger partial charge in [-0.2, -0.15) is 0 Å². The lowest BCUT2D eigenvalue weighted by molar-refractivity contribution is 0.262. The van der Waals surface area contributed by atoms with Crippen molar-refractivity contribution in [3.05, 3.63) is 100 Å². The van der Waals surface area contributed by atoms with Gasteiger partial charge in [0.25, 0.3) is 0 Å². The van der Waals surface area contributed by atoms with Crippen LogP contribution in [0.25, 0.3) is 0 Å². The Morgan fingerprint density at radius 2 is 1.58 bits per heavy atom. The molecule has 0 aliphatic heterocycles. The Hall–Kier alpha value is -3.42. The zero-order valence-electron chi connectivity index (χ0n) is 18.2. The molecule has 0 unspecified atom stereocenters. The fraction of sp³-hybridized carbons (Fsp3) is 0.160. The number of hydrogen-bond donors (Lipinski definition) is 2. The average molecular weight is 479 g/mol. The molecule has 0 bridgehead atoms. The Labute approximate surface area is 201 Å². The molecule has 168 valence electrons. The number of nitrogens with zero attached hydrogens (tertiary/aromatic N) is 2. The van der Waals surface area contributed by atoms with Crippen molar-refractivity contribution in [3.8, 4) is 5.75 Å². The largest absolute Gasteiger partial charge is 0.486 e. The van der Waals surface area contributed by atoms with Crippen LogP contribution in [0.3, 0.4) is 0 Å². The Morgan fingerprint density at radius 3 is 2.27 bits per heavy atom. The van der Waals surface area contributed by atoms with Gasteiger partial charge in [0.05, 0.1) is 0 Å². The van der Waals surface area contributed by atoms with Crippen molar-refractivity contribution < 1.29 is 9.53 Å². The maximum absolute atomic E-state index is 12.1. The summed E-state index contributed by atoms with van der Waals surface area (Å²) in [5.41, 5.74) is 2.98.